The molecule has 1 saturated heterocycles. The van der Waals surface area contributed by atoms with E-state index < -0.39 is 0 Å². The Morgan fingerprint density at radius 1 is 1.30 bits per heavy atom. The Hall–Kier alpha value is -1.39. The first kappa shape index (κ1) is 15.0. The number of ketones is 1. The van der Waals surface area contributed by atoms with Crippen molar-refractivity contribution in [1.82, 2.24) is 10.2 Å². The van der Waals surface area contributed by atoms with Gasteiger partial charge in [-0.3, -0.25) is 9.69 Å². The number of ether oxygens (including phenoxy) is 1. The topological polar surface area (TPSA) is 41.6 Å². The Bertz CT molecular complexity index is 425. The summed E-state index contributed by atoms with van der Waals surface area (Å²) in [4.78, 5) is 14.7. The van der Waals surface area contributed by atoms with Crippen LogP contribution in [0.2, 0.25) is 0 Å². The molecule has 0 saturated carbocycles. The number of carbonyl (C=O) groups is 1. The van der Waals surface area contributed by atoms with Crippen LogP contribution in [0.1, 0.15) is 30.1 Å². The van der Waals surface area contributed by atoms with E-state index in [0.29, 0.717) is 12.6 Å². The highest BCUT2D eigenvalue weighted by Gasteiger charge is 2.22. The summed E-state index contributed by atoms with van der Waals surface area (Å²) < 4.78 is 5.12. The highest BCUT2D eigenvalue weighted by molar-refractivity contribution is 5.97. The van der Waals surface area contributed by atoms with E-state index in [2.05, 4.69) is 17.1 Å². The minimum absolute atomic E-state index is 0.188. The molecule has 0 spiro atoms. The second-order valence-electron chi connectivity index (χ2n) is 5.20. The molecule has 1 N–H and O–H groups in total. The van der Waals surface area contributed by atoms with Gasteiger partial charge in [-0.2, -0.15) is 0 Å². The number of hydrogen-bond donors (Lipinski definition) is 1. The number of hydrogen-bond acceptors (Lipinski definition) is 4. The predicted octanol–water partition coefficient (Wildman–Crippen LogP) is 1.95. The summed E-state index contributed by atoms with van der Waals surface area (Å²) in [6, 6.07) is 7.90. The number of nitrogens with zero attached hydrogens (tertiary/aromatic N) is 1. The molecule has 2 rings (SSSR count). The Morgan fingerprint density at radius 3 is 2.50 bits per heavy atom. The van der Waals surface area contributed by atoms with Crippen LogP contribution in [0.3, 0.4) is 0 Å². The predicted molar refractivity (Wildman–Crippen MR) is 80.5 cm³/mol. The van der Waals surface area contributed by atoms with Crippen LogP contribution in [0.5, 0.6) is 5.75 Å². The number of benzene rings is 1. The van der Waals surface area contributed by atoms with E-state index in [0.717, 1.165) is 43.8 Å². The zero-order valence-electron chi connectivity index (χ0n) is 12.4. The second-order valence-corrected chi connectivity index (χ2v) is 5.20. The molecule has 4 nitrogen and oxygen atoms in total. The molecule has 0 bridgehead atoms. The number of piperidine rings is 1. The van der Waals surface area contributed by atoms with Crippen LogP contribution in [-0.2, 0) is 0 Å². The first-order valence-corrected chi connectivity index (χ1v) is 7.36. The summed E-state index contributed by atoms with van der Waals surface area (Å²) in [7, 11) is 1.63. The Kier molecular flexibility index (Phi) is 5.56. The van der Waals surface area contributed by atoms with Crippen LogP contribution in [0.25, 0.3) is 0 Å². The highest BCUT2D eigenvalue weighted by Crippen LogP contribution is 2.15. The van der Waals surface area contributed by atoms with Gasteiger partial charge in [0.1, 0.15) is 5.75 Å². The molecule has 110 valence electrons. The van der Waals surface area contributed by atoms with Gasteiger partial charge in [-0.05, 0) is 56.7 Å². The third kappa shape index (κ3) is 3.81. The first-order valence-electron chi connectivity index (χ1n) is 7.36. The van der Waals surface area contributed by atoms with Gasteiger partial charge in [-0.15, -0.1) is 0 Å². The number of methoxy groups -OCH3 is 1. The number of rotatable bonds is 6. The van der Waals surface area contributed by atoms with E-state index in [1.165, 1.54) is 0 Å². The van der Waals surface area contributed by atoms with Crippen molar-refractivity contribution in [2.75, 3.05) is 33.3 Å². The molecule has 1 aliphatic heterocycles. The zero-order valence-corrected chi connectivity index (χ0v) is 12.4. The average Bonchev–Trinajstić information content (AvgIpc) is 2.53. The van der Waals surface area contributed by atoms with Crippen LogP contribution >= 0.6 is 0 Å². The molecule has 1 aromatic rings. The smallest absolute Gasteiger partial charge is 0.176 e. The van der Waals surface area contributed by atoms with Crippen LogP contribution in [0, 0.1) is 0 Å². The number of Topliss-reactive ketones (excluding diaryl/α,β-unsaturated/α-hetero) is 1. The number of likely N-dealkylation sites (N-methyl/N-ethyl adjacent to an activating group) is 1. The fourth-order valence-electron chi connectivity index (χ4n) is 2.72. The van der Waals surface area contributed by atoms with E-state index in [4.69, 9.17) is 4.74 Å². The Balaban J connectivity index is 1.96. The third-order valence-electron chi connectivity index (χ3n) is 3.99. The molecule has 1 aromatic carbocycles. The van der Waals surface area contributed by atoms with E-state index in [-0.39, 0.29) is 5.78 Å². The maximum atomic E-state index is 12.4. The van der Waals surface area contributed by atoms with E-state index in [9.17, 15) is 4.79 Å². The SMILES string of the molecule is CCN(CC(=O)c1ccc(OC)cc1)C1CCNCC1. The van der Waals surface area contributed by atoms with E-state index >= 15 is 0 Å². The summed E-state index contributed by atoms with van der Waals surface area (Å²) >= 11 is 0. The fraction of sp³-hybridized carbons (Fsp3) is 0.562. The largest absolute Gasteiger partial charge is 0.497 e. The van der Waals surface area contributed by atoms with Crippen molar-refractivity contribution in [2.45, 2.75) is 25.8 Å². The standard InChI is InChI=1S/C16H24N2O2/c1-3-18(14-8-10-17-11-9-14)12-16(19)13-4-6-15(20-2)7-5-13/h4-7,14,17H,3,8-12H2,1-2H3. The molecule has 1 aliphatic rings. The van der Waals surface area contributed by atoms with Crippen molar-refractivity contribution in [2.24, 2.45) is 0 Å². The monoisotopic (exact) mass is 276 g/mol. The van der Waals surface area contributed by atoms with Gasteiger partial charge in [0.25, 0.3) is 0 Å². The maximum absolute atomic E-state index is 12.4. The molecule has 0 radical (unpaired) electrons. The second kappa shape index (κ2) is 7.41. The van der Waals surface area contributed by atoms with Crippen molar-refractivity contribution in [3.05, 3.63) is 29.8 Å². The van der Waals surface area contributed by atoms with Crippen molar-refractivity contribution in [3.8, 4) is 5.75 Å². The number of nitrogens with one attached hydrogen (secondary N) is 1. The quantitative estimate of drug-likeness (QED) is 0.806. The van der Waals surface area contributed by atoms with Crippen LogP contribution < -0.4 is 10.1 Å². The molecular formula is C16H24N2O2. The molecular weight excluding hydrogens is 252 g/mol. The van der Waals surface area contributed by atoms with Crippen molar-refractivity contribution in [1.29, 1.82) is 0 Å². The normalized spacial score (nSPS) is 16.4. The molecule has 0 atom stereocenters. The van der Waals surface area contributed by atoms with E-state index in [1.807, 2.05) is 24.3 Å². The molecule has 0 aliphatic carbocycles. The molecule has 1 heterocycles. The highest BCUT2D eigenvalue weighted by atomic mass is 16.5. The molecule has 4 heteroatoms. The zero-order chi connectivity index (χ0) is 14.4. The summed E-state index contributed by atoms with van der Waals surface area (Å²) in [5, 5.41) is 3.37. The van der Waals surface area contributed by atoms with Gasteiger partial charge in [0.15, 0.2) is 5.78 Å². The van der Waals surface area contributed by atoms with Crippen molar-refractivity contribution < 1.29 is 9.53 Å². The molecule has 20 heavy (non-hydrogen) atoms. The van der Waals surface area contributed by atoms with Crippen molar-refractivity contribution in [3.63, 3.8) is 0 Å². The summed E-state index contributed by atoms with van der Waals surface area (Å²) in [6.07, 6.45) is 2.26. The maximum Gasteiger partial charge on any atom is 0.176 e. The van der Waals surface area contributed by atoms with Crippen LogP contribution in [0.4, 0.5) is 0 Å². The minimum Gasteiger partial charge on any atom is -0.497 e. The van der Waals surface area contributed by atoms with Gasteiger partial charge in [0.2, 0.25) is 0 Å². The summed E-state index contributed by atoms with van der Waals surface area (Å²) in [5.74, 6) is 0.972. The molecule has 0 unspecified atom stereocenters. The van der Waals surface area contributed by atoms with Gasteiger partial charge < -0.3 is 10.1 Å². The van der Waals surface area contributed by atoms with Crippen LogP contribution in [-0.4, -0.2) is 50.0 Å². The van der Waals surface area contributed by atoms with Crippen molar-refractivity contribution >= 4 is 5.78 Å². The third-order valence-corrected chi connectivity index (χ3v) is 3.99. The molecule has 0 aromatic heterocycles. The average molecular weight is 276 g/mol. The lowest BCUT2D eigenvalue weighted by Gasteiger charge is -2.33. The minimum atomic E-state index is 0.188. The van der Waals surface area contributed by atoms with E-state index in [1.54, 1.807) is 7.11 Å². The fourth-order valence-corrected chi connectivity index (χ4v) is 2.72. The molecule has 0 amide bonds. The summed E-state index contributed by atoms with van der Waals surface area (Å²) in [5.41, 5.74) is 0.762. The Morgan fingerprint density at radius 2 is 1.95 bits per heavy atom. The lowest BCUT2D eigenvalue weighted by atomic mass is 10.0. The van der Waals surface area contributed by atoms with Gasteiger partial charge in [-0.25, -0.2) is 0 Å². The Labute approximate surface area is 121 Å². The van der Waals surface area contributed by atoms with Gasteiger partial charge in [0.05, 0.1) is 13.7 Å². The van der Waals surface area contributed by atoms with Gasteiger partial charge >= 0.3 is 0 Å². The van der Waals surface area contributed by atoms with Gasteiger partial charge in [-0.1, -0.05) is 6.92 Å². The first-order chi connectivity index (χ1) is 9.74. The number of carbonyl (C=O) groups excluding carboxylic acids is 1. The lowest BCUT2D eigenvalue weighted by molar-refractivity contribution is 0.0874. The van der Waals surface area contributed by atoms with Gasteiger partial charge in [0, 0.05) is 11.6 Å². The summed E-state index contributed by atoms with van der Waals surface area (Å²) in [6.45, 7) is 5.67. The van der Waals surface area contributed by atoms with Crippen LogP contribution in [0.15, 0.2) is 24.3 Å². The molecule has 1 fully saturated rings. The lowest BCUT2D eigenvalue weighted by Crippen LogP contribution is -2.45.